The van der Waals surface area contributed by atoms with Crippen molar-refractivity contribution in [1.29, 1.82) is 0 Å². The molecule has 5 aromatic rings. The molecule has 1 atom stereocenters. The lowest BCUT2D eigenvalue weighted by Gasteiger charge is -2.12. The monoisotopic (exact) mass is 369 g/mol. The summed E-state index contributed by atoms with van der Waals surface area (Å²) >= 11 is 0. The number of hydrogen-bond acceptors (Lipinski definition) is 4. The summed E-state index contributed by atoms with van der Waals surface area (Å²) in [4.78, 5) is 21.8. The molecule has 28 heavy (non-hydrogen) atoms. The van der Waals surface area contributed by atoms with E-state index in [1.165, 1.54) is 0 Å². The Morgan fingerprint density at radius 1 is 1.00 bits per heavy atom. The Labute approximate surface area is 159 Å². The number of hydrogen-bond donors (Lipinski definition) is 1. The van der Waals surface area contributed by atoms with Crippen LogP contribution in [-0.4, -0.2) is 20.5 Å². The van der Waals surface area contributed by atoms with E-state index < -0.39 is 12.1 Å². The summed E-state index contributed by atoms with van der Waals surface area (Å²) in [5, 5.41) is 16.4. The first kappa shape index (κ1) is 16.3. The van der Waals surface area contributed by atoms with Gasteiger partial charge in [0.1, 0.15) is 5.52 Å². The third-order valence-corrected chi connectivity index (χ3v) is 4.82. The molecule has 0 aliphatic carbocycles. The van der Waals surface area contributed by atoms with Crippen LogP contribution in [-0.2, 0) is 9.63 Å². The first-order valence-electron chi connectivity index (χ1n) is 8.82. The molecular formula is C22H15N3O3. The summed E-state index contributed by atoms with van der Waals surface area (Å²) in [5.41, 5.74) is 3.02. The quantitative estimate of drug-likeness (QED) is 0.490. The Hall–Kier alpha value is -3.93. The topological polar surface area (TPSA) is 76.2 Å². The number of benzene rings is 2. The van der Waals surface area contributed by atoms with Gasteiger partial charge in [-0.25, -0.2) is 4.79 Å². The van der Waals surface area contributed by atoms with Gasteiger partial charge in [0.2, 0.25) is 6.10 Å². The van der Waals surface area contributed by atoms with Crippen molar-refractivity contribution in [2.75, 3.05) is 0 Å². The lowest BCUT2D eigenvalue weighted by molar-refractivity contribution is -0.151. The molecule has 5 rings (SSSR count). The lowest BCUT2D eigenvalue weighted by atomic mass is 10.1. The predicted molar refractivity (Wildman–Crippen MR) is 105 cm³/mol. The minimum Gasteiger partial charge on any atom is -0.478 e. The van der Waals surface area contributed by atoms with Gasteiger partial charge in [0.15, 0.2) is 5.36 Å². The van der Waals surface area contributed by atoms with Gasteiger partial charge in [0.25, 0.3) is 0 Å². The highest BCUT2D eigenvalue weighted by Gasteiger charge is 2.22. The standard InChI is InChI=1S/C22H15N3O3/c26-22(27)21(15-6-2-1-3-7-15)28-24-19-17-10-5-13-25(17)16-9-4-8-14-11-12-23-20(19)18(14)16/h1-13,21H,(H,26,27). The number of pyridine rings is 2. The largest absolute Gasteiger partial charge is 0.478 e. The zero-order chi connectivity index (χ0) is 19.1. The highest BCUT2D eigenvalue weighted by molar-refractivity contribution is 6.08. The van der Waals surface area contributed by atoms with Gasteiger partial charge in [-0.2, -0.15) is 0 Å². The maximum absolute atomic E-state index is 11.7. The molecule has 0 saturated carbocycles. The zero-order valence-corrected chi connectivity index (χ0v) is 14.7. The van der Waals surface area contributed by atoms with E-state index in [-0.39, 0.29) is 0 Å². The minimum atomic E-state index is -1.20. The van der Waals surface area contributed by atoms with Gasteiger partial charge >= 0.3 is 5.97 Å². The molecule has 0 aliphatic rings. The number of aliphatic carboxylic acids is 1. The van der Waals surface area contributed by atoms with Crippen LogP contribution in [0.5, 0.6) is 0 Å². The minimum absolute atomic E-state index is 0.511. The number of fused-ring (bicyclic) bond motifs is 2. The summed E-state index contributed by atoms with van der Waals surface area (Å²) < 4.78 is 2.01. The SMILES string of the molecule is O=C(O)C(ON=c1c2nccc3cccc(c32)n2cccc12)c1ccccc1. The molecule has 2 aromatic carbocycles. The summed E-state index contributed by atoms with van der Waals surface area (Å²) in [6.07, 6.45) is 2.47. The molecule has 0 radical (unpaired) electrons. The lowest BCUT2D eigenvalue weighted by Crippen LogP contribution is -2.17. The maximum atomic E-state index is 11.7. The molecule has 0 amide bonds. The third kappa shape index (κ3) is 2.46. The van der Waals surface area contributed by atoms with E-state index in [0.29, 0.717) is 16.4 Å². The Bertz CT molecular complexity index is 1370. The molecule has 136 valence electrons. The molecule has 3 aromatic heterocycles. The van der Waals surface area contributed by atoms with Crippen molar-refractivity contribution in [1.82, 2.24) is 9.38 Å². The fourth-order valence-electron chi connectivity index (χ4n) is 3.57. The van der Waals surface area contributed by atoms with Gasteiger partial charge in [0, 0.05) is 23.3 Å². The molecule has 0 spiro atoms. The van der Waals surface area contributed by atoms with Crippen LogP contribution in [0.15, 0.2) is 84.3 Å². The number of aromatic nitrogens is 2. The molecule has 1 unspecified atom stereocenters. The van der Waals surface area contributed by atoms with Crippen LogP contribution in [0.3, 0.4) is 0 Å². The molecule has 0 saturated heterocycles. The fourth-order valence-corrected chi connectivity index (χ4v) is 3.57. The number of carboxylic acid groups (broad SMARTS) is 1. The van der Waals surface area contributed by atoms with Crippen LogP contribution in [0.25, 0.3) is 27.3 Å². The molecule has 1 N–H and O–H groups in total. The Kier molecular flexibility index (Phi) is 3.69. The Morgan fingerprint density at radius 2 is 1.82 bits per heavy atom. The van der Waals surface area contributed by atoms with E-state index >= 15 is 0 Å². The van der Waals surface area contributed by atoms with E-state index in [1.54, 1.807) is 30.5 Å². The second-order valence-corrected chi connectivity index (χ2v) is 6.47. The summed E-state index contributed by atoms with van der Waals surface area (Å²) in [5.74, 6) is -1.10. The van der Waals surface area contributed by atoms with E-state index in [4.69, 9.17) is 4.84 Å². The summed E-state index contributed by atoms with van der Waals surface area (Å²) in [6, 6.07) is 20.6. The van der Waals surface area contributed by atoms with Crippen LogP contribution >= 0.6 is 0 Å². The van der Waals surface area contributed by atoms with E-state index in [0.717, 1.165) is 21.8 Å². The van der Waals surface area contributed by atoms with Crippen molar-refractivity contribution in [3.8, 4) is 0 Å². The second-order valence-electron chi connectivity index (χ2n) is 6.47. The van der Waals surface area contributed by atoms with Crippen molar-refractivity contribution in [3.63, 3.8) is 0 Å². The molecule has 3 heterocycles. The van der Waals surface area contributed by atoms with Gasteiger partial charge in [-0.1, -0.05) is 47.6 Å². The third-order valence-electron chi connectivity index (χ3n) is 4.82. The fraction of sp³-hybridized carbons (Fsp3) is 0.0455. The van der Waals surface area contributed by atoms with E-state index in [2.05, 4.69) is 10.1 Å². The van der Waals surface area contributed by atoms with Crippen LogP contribution in [0, 0.1) is 0 Å². The van der Waals surface area contributed by atoms with Gasteiger partial charge in [0.05, 0.1) is 11.0 Å². The average molecular weight is 369 g/mol. The Morgan fingerprint density at radius 3 is 2.64 bits per heavy atom. The highest BCUT2D eigenvalue weighted by Crippen LogP contribution is 2.25. The van der Waals surface area contributed by atoms with Crippen molar-refractivity contribution in [2.24, 2.45) is 5.16 Å². The van der Waals surface area contributed by atoms with Gasteiger partial charge < -0.3 is 14.3 Å². The summed E-state index contributed by atoms with van der Waals surface area (Å²) in [6.45, 7) is 0. The van der Waals surface area contributed by atoms with Crippen LogP contribution in [0.2, 0.25) is 0 Å². The van der Waals surface area contributed by atoms with E-state index in [9.17, 15) is 9.90 Å². The van der Waals surface area contributed by atoms with Crippen molar-refractivity contribution in [2.45, 2.75) is 6.10 Å². The van der Waals surface area contributed by atoms with Crippen LogP contribution in [0.1, 0.15) is 11.7 Å². The number of rotatable bonds is 4. The van der Waals surface area contributed by atoms with Gasteiger partial charge in [-0.05, 0) is 29.7 Å². The predicted octanol–water partition coefficient (Wildman–Crippen LogP) is 3.74. The number of carbonyl (C=O) groups is 1. The van der Waals surface area contributed by atoms with Crippen LogP contribution in [0.4, 0.5) is 0 Å². The average Bonchev–Trinajstić information content (AvgIpc) is 3.21. The zero-order valence-electron chi connectivity index (χ0n) is 14.7. The molecule has 0 fully saturated rings. The molecule has 6 heteroatoms. The van der Waals surface area contributed by atoms with Gasteiger partial charge in [-0.3, -0.25) is 4.98 Å². The normalized spacial score (nSPS) is 13.4. The molecular weight excluding hydrogens is 354 g/mol. The number of nitrogens with zero attached hydrogens (tertiary/aromatic N) is 3. The first-order chi connectivity index (χ1) is 13.7. The number of carboxylic acids is 1. The van der Waals surface area contributed by atoms with Gasteiger partial charge in [-0.15, -0.1) is 0 Å². The highest BCUT2D eigenvalue weighted by atomic mass is 16.6. The van der Waals surface area contributed by atoms with E-state index in [1.807, 2.05) is 53.1 Å². The molecule has 6 nitrogen and oxygen atoms in total. The second kappa shape index (κ2) is 6.35. The maximum Gasteiger partial charge on any atom is 0.352 e. The van der Waals surface area contributed by atoms with Crippen LogP contribution < -0.4 is 5.36 Å². The summed E-state index contributed by atoms with van der Waals surface area (Å²) in [7, 11) is 0. The smallest absolute Gasteiger partial charge is 0.352 e. The van der Waals surface area contributed by atoms with Crippen molar-refractivity contribution >= 4 is 33.3 Å². The Balaban J connectivity index is 1.77. The molecule has 0 aliphatic heterocycles. The van der Waals surface area contributed by atoms with Crippen molar-refractivity contribution < 1.29 is 14.7 Å². The molecule has 0 bridgehead atoms. The van der Waals surface area contributed by atoms with Crippen molar-refractivity contribution in [3.05, 3.63) is 90.0 Å². The first-order valence-corrected chi connectivity index (χ1v) is 8.82.